The number of carbonyl (C=O) groups excluding carboxylic acids is 1. The van der Waals surface area contributed by atoms with E-state index in [0.29, 0.717) is 23.7 Å². The second kappa shape index (κ2) is 7.95. The zero-order valence-electron chi connectivity index (χ0n) is 17.7. The van der Waals surface area contributed by atoms with Gasteiger partial charge in [0.05, 0.1) is 14.2 Å². The van der Waals surface area contributed by atoms with Crippen LogP contribution in [-0.2, 0) is 4.79 Å². The number of Topliss-reactive ketones (excluding diaryl/α,β-unsaturated/α-hetero) is 1. The van der Waals surface area contributed by atoms with E-state index in [9.17, 15) is 4.79 Å². The highest BCUT2D eigenvalue weighted by Crippen LogP contribution is 2.51. The van der Waals surface area contributed by atoms with Crippen LogP contribution in [0.25, 0.3) is 11.1 Å². The van der Waals surface area contributed by atoms with Crippen LogP contribution in [0, 0.1) is 0 Å². The molecule has 0 amide bonds. The maximum atomic E-state index is 13.0. The minimum atomic E-state index is -0.225. The number of ketones is 1. The normalized spacial score (nSPS) is 17.5. The second-order valence-corrected chi connectivity index (χ2v) is 7.88. The van der Waals surface area contributed by atoms with Gasteiger partial charge in [0.25, 0.3) is 0 Å². The Morgan fingerprint density at radius 2 is 1.61 bits per heavy atom. The smallest absolute Gasteiger partial charge is 0.163 e. The van der Waals surface area contributed by atoms with Crippen molar-refractivity contribution in [3.8, 4) is 28.4 Å². The number of allylic oxidation sites excluding steroid dienone is 2. The molecule has 0 saturated carbocycles. The molecule has 0 spiro atoms. The van der Waals surface area contributed by atoms with Gasteiger partial charge in [-0.15, -0.1) is 0 Å². The van der Waals surface area contributed by atoms with Gasteiger partial charge >= 0.3 is 0 Å². The van der Waals surface area contributed by atoms with Crippen LogP contribution in [0.3, 0.4) is 0 Å². The van der Waals surface area contributed by atoms with Gasteiger partial charge in [-0.2, -0.15) is 0 Å². The van der Waals surface area contributed by atoms with Gasteiger partial charge < -0.3 is 14.2 Å². The molecule has 4 nitrogen and oxygen atoms in total. The number of carbonyl (C=O) groups is 1. The first-order chi connectivity index (χ1) is 15.2. The molecule has 4 heteroatoms. The molecule has 1 unspecified atom stereocenters. The molecule has 0 saturated heterocycles. The first-order valence-corrected chi connectivity index (χ1v) is 10.5. The van der Waals surface area contributed by atoms with Crippen LogP contribution in [0.2, 0.25) is 0 Å². The van der Waals surface area contributed by atoms with Crippen molar-refractivity contribution in [2.24, 2.45) is 0 Å². The van der Waals surface area contributed by atoms with E-state index in [2.05, 4.69) is 36.4 Å². The molecule has 156 valence electrons. The fraction of sp³-hybridized carbons (Fsp3) is 0.222. The number of ether oxygens (including phenoxy) is 3. The maximum Gasteiger partial charge on any atom is 0.163 e. The Morgan fingerprint density at radius 1 is 0.871 bits per heavy atom. The van der Waals surface area contributed by atoms with Crippen molar-refractivity contribution in [1.29, 1.82) is 0 Å². The lowest BCUT2D eigenvalue weighted by molar-refractivity contribution is -0.116. The van der Waals surface area contributed by atoms with Crippen LogP contribution in [0.4, 0.5) is 0 Å². The molecule has 3 aromatic rings. The Balaban J connectivity index is 1.67. The Morgan fingerprint density at radius 3 is 2.32 bits per heavy atom. The summed E-state index contributed by atoms with van der Waals surface area (Å²) in [5.74, 6) is 2.73. The molecule has 1 heterocycles. The minimum Gasteiger partial charge on any atom is -0.496 e. The third-order valence-corrected chi connectivity index (χ3v) is 6.10. The molecule has 0 N–H and O–H groups in total. The second-order valence-electron chi connectivity index (χ2n) is 7.88. The lowest BCUT2D eigenvalue weighted by Crippen LogP contribution is -2.26. The molecule has 1 aliphatic carbocycles. The van der Waals surface area contributed by atoms with E-state index < -0.39 is 0 Å². The van der Waals surface area contributed by atoms with Crippen LogP contribution in [0.1, 0.15) is 36.3 Å². The third kappa shape index (κ3) is 3.38. The summed E-state index contributed by atoms with van der Waals surface area (Å²) in [5, 5.41) is 0. The highest BCUT2D eigenvalue weighted by atomic mass is 16.5. The van der Waals surface area contributed by atoms with Crippen LogP contribution >= 0.6 is 0 Å². The minimum absolute atomic E-state index is 0.155. The van der Waals surface area contributed by atoms with E-state index in [1.54, 1.807) is 14.2 Å². The molecule has 5 rings (SSSR count). The lowest BCUT2D eigenvalue weighted by Gasteiger charge is -2.34. The Kier molecular flexibility index (Phi) is 4.99. The molecule has 0 bridgehead atoms. The number of hydrogen-bond acceptors (Lipinski definition) is 4. The highest BCUT2D eigenvalue weighted by molar-refractivity contribution is 5.99. The molecular formula is C27H24O4. The largest absolute Gasteiger partial charge is 0.496 e. The van der Waals surface area contributed by atoms with Crippen molar-refractivity contribution < 1.29 is 19.0 Å². The van der Waals surface area contributed by atoms with Gasteiger partial charge in [0.15, 0.2) is 5.78 Å². The number of hydrogen-bond donors (Lipinski definition) is 0. The van der Waals surface area contributed by atoms with Gasteiger partial charge in [0.2, 0.25) is 0 Å². The summed E-state index contributed by atoms with van der Waals surface area (Å²) < 4.78 is 17.4. The molecule has 3 aromatic carbocycles. The summed E-state index contributed by atoms with van der Waals surface area (Å²) in [5.41, 5.74) is 5.00. The Labute approximate surface area is 182 Å². The summed E-state index contributed by atoms with van der Waals surface area (Å²) >= 11 is 0. The van der Waals surface area contributed by atoms with Crippen molar-refractivity contribution in [1.82, 2.24) is 0 Å². The van der Waals surface area contributed by atoms with Crippen molar-refractivity contribution in [2.75, 3.05) is 14.2 Å². The summed E-state index contributed by atoms with van der Waals surface area (Å²) in [4.78, 5) is 13.0. The van der Waals surface area contributed by atoms with Crippen LogP contribution < -0.4 is 14.2 Å². The fourth-order valence-corrected chi connectivity index (χ4v) is 4.60. The lowest BCUT2D eigenvalue weighted by atomic mass is 9.76. The molecule has 0 fully saturated rings. The average Bonchev–Trinajstić information content (AvgIpc) is 2.83. The standard InChI is InChI=1S/C27H24O4/c1-29-20-15-23(30-2)27-24(16-20)31-22-10-6-9-21(28)26(22)25(27)19-13-11-18(12-14-19)17-7-4-3-5-8-17/h3-5,7-8,11-16,25H,6,9-10H2,1-2H3. The summed E-state index contributed by atoms with van der Waals surface area (Å²) in [6, 6.07) is 22.5. The Bertz CT molecular complexity index is 1160. The zero-order chi connectivity index (χ0) is 21.4. The van der Waals surface area contributed by atoms with Crippen LogP contribution in [-0.4, -0.2) is 20.0 Å². The first kappa shape index (κ1) is 19.4. The number of methoxy groups -OCH3 is 2. The average molecular weight is 412 g/mol. The summed E-state index contributed by atoms with van der Waals surface area (Å²) in [7, 11) is 3.26. The van der Waals surface area contributed by atoms with Gasteiger partial charge in [-0.25, -0.2) is 0 Å². The van der Waals surface area contributed by atoms with Crippen molar-refractivity contribution in [2.45, 2.75) is 25.2 Å². The Hall–Kier alpha value is -3.53. The zero-order valence-corrected chi connectivity index (χ0v) is 17.7. The fourth-order valence-electron chi connectivity index (χ4n) is 4.60. The number of rotatable bonds is 4. The van der Waals surface area contributed by atoms with Crippen LogP contribution in [0.5, 0.6) is 17.2 Å². The molecule has 0 radical (unpaired) electrons. The summed E-state index contributed by atoms with van der Waals surface area (Å²) in [6.45, 7) is 0. The first-order valence-electron chi connectivity index (χ1n) is 10.5. The molecule has 0 aromatic heterocycles. The van der Waals surface area contributed by atoms with Crippen molar-refractivity contribution in [3.63, 3.8) is 0 Å². The SMILES string of the molecule is COc1cc(OC)c2c(c1)OC1=C(C(=O)CCC1)C2c1ccc(-c2ccccc2)cc1. The van der Waals surface area contributed by atoms with E-state index in [-0.39, 0.29) is 11.7 Å². The third-order valence-electron chi connectivity index (χ3n) is 6.10. The van der Waals surface area contributed by atoms with Gasteiger partial charge in [-0.3, -0.25) is 4.79 Å². The number of fused-ring (bicyclic) bond motifs is 1. The maximum absolute atomic E-state index is 13.0. The van der Waals surface area contributed by atoms with E-state index in [1.165, 1.54) is 0 Å². The molecule has 31 heavy (non-hydrogen) atoms. The van der Waals surface area contributed by atoms with E-state index in [4.69, 9.17) is 14.2 Å². The van der Waals surface area contributed by atoms with Crippen molar-refractivity contribution >= 4 is 5.78 Å². The van der Waals surface area contributed by atoms with Gasteiger partial charge in [0.1, 0.15) is 23.0 Å². The predicted molar refractivity (Wildman–Crippen MR) is 120 cm³/mol. The summed E-state index contributed by atoms with van der Waals surface area (Å²) in [6.07, 6.45) is 2.13. The van der Waals surface area contributed by atoms with Gasteiger partial charge in [-0.1, -0.05) is 54.6 Å². The molecular weight excluding hydrogens is 388 g/mol. The topological polar surface area (TPSA) is 44.8 Å². The van der Waals surface area contributed by atoms with E-state index in [1.807, 2.05) is 30.3 Å². The van der Waals surface area contributed by atoms with Gasteiger partial charge in [0, 0.05) is 42.0 Å². The van der Waals surface area contributed by atoms with Crippen LogP contribution in [0.15, 0.2) is 78.1 Å². The predicted octanol–water partition coefficient (Wildman–Crippen LogP) is 5.90. The van der Waals surface area contributed by atoms with Crippen molar-refractivity contribution in [3.05, 3.63) is 89.2 Å². The van der Waals surface area contributed by atoms with Gasteiger partial charge in [-0.05, 0) is 23.1 Å². The van der Waals surface area contributed by atoms with E-state index in [0.717, 1.165) is 46.4 Å². The highest BCUT2D eigenvalue weighted by Gasteiger charge is 2.39. The number of benzene rings is 3. The molecule has 1 aliphatic heterocycles. The quantitative estimate of drug-likeness (QED) is 0.535. The van der Waals surface area contributed by atoms with E-state index >= 15 is 0 Å². The molecule has 1 atom stereocenters. The molecule has 2 aliphatic rings. The monoisotopic (exact) mass is 412 g/mol.